The molecule has 0 saturated carbocycles. The van der Waals surface area contributed by atoms with E-state index in [2.05, 4.69) is 72.5 Å². The van der Waals surface area contributed by atoms with Gasteiger partial charge in [-0.2, -0.15) is 0 Å². The van der Waals surface area contributed by atoms with E-state index < -0.39 is 0 Å². The summed E-state index contributed by atoms with van der Waals surface area (Å²) < 4.78 is 5.30. The molecule has 0 bridgehead atoms. The van der Waals surface area contributed by atoms with Crippen molar-refractivity contribution in [1.29, 1.82) is 0 Å². The molecule has 0 aliphatic carbocycles. The smallest absolute Gasteiger partial charge is 0.119 e. The number of methoxy groups -OCH3 is 1. The van der Waals surface area contributed by atoms with Gasteiger partial charge in [-0.25, -0.2) is 0 Å². The minimum atomic E-state index is 0.725. The highest BCUT2D eigenvalue weighted by Crippen LogP contribution is 2.35. The van der Waals surface area contributed by atoms with Crippen molar-refractivity contribution < 1.29 is 4.74 Å². The van der Waals surface area contributed by atoms with Crippen LogP contribution in [0.4, 0.5) is 17.1 Å². The molecule has 0 aromatic heterocycles. The van der Waals surface area contributed by atoms with Crippen LogP contribution in [0.25, 0.3) is 0 Å². The standard InChI is InChI=1S/C23H26N2O/c1-18-5-9-20(10-6-18)25(22-13-15-23(26-2)16-14-22)21-11-7-19(8-12-21)4-3-17-24/h5-16H,3-4,17,24H2,1-2H3. The van der Waals surface area contributed by atoms with Crippen LogP contribution in [-0.4, -0.2) is 13.7 Å². The second-order valence-electron chi connectivity index (χ2n) is 6.43. The Morgan fingerprint density at radius 2 is 1.27 bits per heavy atom. The van der Waals surface area contributed by atoms with Gasteiger partial charge in [0.05, 0.1) is 7.11 Å². The summed E-state index contributed by atoms with van der Waals surface area (Å²) in [7, 11) is 1.69. The van der Waals surface area contributed by atoms with Gasteiger partial charge in [0.1, 0.15) is 5.75 Å². The molecule has 0 aliphatic rings. The minimum Gasteiger partial charge on any atom is -0.497 e. The van der Waals surface area contributed by atoms with Crippen LogP contribution >= 0.6 is 0 Å². The molecular formula is C23H26N2O. The maximum atomic E-state index is 5.62. The minimum absolute atomic E-state index is 0.725. The molecule has 3 aromatic carbocycles. The Kier molecular flexibility index (Phi) is 5.92. The summed E-state index contributed by atoms with van der Waals surface area (Å²) in [6, 6.07) is 25.5. The molecule has 0 radical (unpaired) electrons. The lowest BCUT2D eigenvalue weighted by Crippen LogP contribution is -2.10. The maximum absolute atomic E-state index is 5.62. The summed E-state index contributed by atoms with van der Waals surface area (Å²) in [5.74, 6) is 0.856. The molecule has 0 fully saturated rings. The summed E-state index contributed by atoms with van der Waals surface area (Å²) in [5, 5.41) is 0. The second-order valence-corrected chi connectivity index (χ2v) is 6.43. The lowest BCUT2D eigenvalue weighted by molar-refractivity contribution is 0.415. The Labute approximate surface area is 156 Å². The molecule has 3 heteroatoms. The highest BCUT2D eigenvalue weighted by atomic mass is 16.5. The summed E-state index contributed by atoms with van der Waals surface area (Å²) >= 11 is 0. The third-order valence-electron chi connectivity index (χ3n) is 4.49. The van der Waals surface area contributed by atoms with Crippen LogP contribution in [0.1, 0.15) is 17.5 Å². The van der Waals surface area contributed by atoms with Crippen molar-refractivity contribution in [3.63, 3.8) is 0 Å². The predicted molar refractivity (Wildman–Crippen MR) is 110 cm³/mol. The topological polar surface area (TPSA) is 38.5 Å². The van der Waals surface area contributed by atoms with E-state index in [0.717, 1.165) is 42.2 Å². The highest BCUT2D eigenvalue weighted by Gasteiger charge is 2.12. The average molecular weight is 346 g/mol. The SMILES string of the molecule is COc1ccc(N(c2ccc(C)cc2)c2ccc(CCCN)cc2)cc1. The molecule has 0 spiro atoms. The summed E-state index contributed by atoms with van der Waals surface area (Å²) in [6.07, 6.45) is 2.03. The van der Waals surface area contributed by atoms with Crippen molar-refractivity contribution >= 4 is 17.1 Å². The zero-order valence-corrected chi connectivity index (χ0v) is 15.5. The van der Waals surface area contributed by atoms with Crippen LogP contribution in [0.2, 0.25) is 0 Å². The average Bonchev–Trinajstić information content (AvgIpc) is 2.69. The van der Waals surface area contributed by atoms with Gasteiger partial charge in [0.25, 0.3) is 0 Å². The van der Waals surface area contributed by atoms with Gasteiger partial charge in [-0.15, -0.1) is 0 Å². The molecule has 0 atom stereocenters. The number of hydrogen-bond acceptors (Lipinski definition) is 3. The fourth-order valence-corrected chi connectivity index (χ4v) is 2.99. The molecule has 134 valence electrons. The molecule has 2 N–H and O–H groups in total. The largest absolute Gasteiger partial charge is 0.497 e. The quantitative estimate of drug-likeness (QED) is 0.625. The third-order valence-corrected chi connectivity index (χ3v) is 4.49. The van der Waals surface area contributed by atoms with E-state index in [1.807, 2.05) is 12.1 Å². The molecule has 3 rings (SSSR count). The number of nitrogens with two attached hydrogens (primary N) is 1. The first-order chi connectivity index (χ1) is 12.7. The van der Waals surface area contributed by atoms with Crippen LogP contribution in [0.5, 0.6) is 5.75 Å². The van der Waals surface area contributed by atoms with Crippen LogP contribution in [0, 0.1) is 6.92 Å². The highest BCUT2D eigenvalue weighted by molar-refractivity contribution is 5.76. The zero-order chi connectivity index (χ0) is 18.4. The van der Waals surface area contributed by atoms with Crippen LogP contribution in [0.3, 0.4) is 0 Å². The van der Waals surface area contributed by atoms with Gasteiger partial charge in [-0.05, 0) is 80.4 Å². The zero-order valence-electron chi connectivity index (χ0n) is 15.5. The summed E-state index contributed by atoms with van der Waals surface area (Å²) in [6.45, 7) is 2.83. The summed E-state index contributed by atoms with van der Waals surface area (Å²) in [5.41, 5.74) is 11.6. The molecule has 0 unspecified atom stereocenters. The van der Waals surface area contributed by atoms with E-state index in [9.17, 15) is 0 Å². The number of hydrogen-bond donors (Lipinski definition) is 1. The Morgan fingerprint density at radius 1 is 0.769 bits per heavy atom. The van der Waals surface area contributed by atoms with Crippen LogP contribution in [0.15, 0.2) is 72.8 Å². The predicted octanol–water partition coefficient (Wildman–Crippen LogP) is 5.36. The first-order valence-corrected chi connectivity index (χ1v) is 9.01. The number of anilines is 3. The van der Waals surface area contributed by atoms with Crippen molar-refractivity contribution in [2.45, 2.75) is 19.8 Å². The van der Waals surface area contributed by atoms with Gasteiger partial charge in [0.2, 0.25) is 0 Å². The van der Waals surface area contributed by atoms with Crippen molar-refractivity contribution in [3.05, 3.63) is 83.9 Å². The van der Waals surface area contributed by atoms with Crippen molar-refractivity contribution in [3.8, 4) is 5.75 Å². The monoisotopic (exact) mass is 346 g/mol. The third kappa shape index (κ3) is 4.24. The first-order valence-electron chi connectivity index (χ1n) is 9.01. The first kappa shape index (κ1) is 18.0. The number of ether oxygens (including phenoxy) is 1. The molecule has 26 heavy (non-hydrogen) atoms. The lowest BCUT2D eigenvalue weighted by atomic mass is 10.1. The van der Waals surface area contributed by atoms with Gasteiger partial charge in [-0.1, -0.05) is 29.8 Å². The maximum Gasteiger partial charge on any atom is 0.119 e. The van der Waals surface area contributed by atoms with Gasteiger partial charge < -0.3 is 15.4 Å². The molecule has 3 nitrogen and oxygen atoms in total. The number of aryl methyl sites for hydroxylation is 2. The van der Waals surface area contributed by atoms with E-state index in [0.29, 0.717) is 0 Å². The number of nitrogens with zero attached hydrogens (tertiary/aromatic N) is 1. The van der Waals surface area contributed by atoms with Gasteiger partial charge in [0.15, 0.2) is 0 Å². The molecule has 0 amide bonds. The molecule has 3 aromatic rings. The van der Waals surface area contributed by atoms with Crippen molar-refractivity contribution in [1.82, 2.24) is 0 Å². The second kappa shape index (κ2) is 8.54. The van der Waals surface area contributed by atoms with Crippen LogP contribution in [-0.2, 0) is 6.42 Å². The van der Waals surface area contributed by atoms with E-state index in [1.165, 1.54) is 11.1 Å². The number of benzene rings is 3. The Morgan fingerprint density at radius 3 is 1.77 bits per heavy atom. The van der Waals surface area contributed by atoms with E-state index in [4.69, 9.17) is 10.5 Å². The number of rotatable bonds is 7. The Hall–Kier alpha value is -2.78. The van der Waals surface area contributed by atoms with Crippen LogP contribution < -0.4 is 15.4 Å². The van der Waals surface area contributed by atoms with Gasteiger partial charge in [0, 0.05) is 17.1 Å². The molecule has 0 aliphatic heterocycles. The van der Waals surface area contributed by atoms with E-state index in [-0.39, 0.29) is 0 Å². The summed E-state index contributed by atoms with van der Waals surface area (Å²) in [4.78, 5) is 2.26. The van der Waals surface area contributed by atoms with Crippen molar-refractivity contribution in [2.75, 3.05) is 18.6 Å². The van der Waals surface area contributed by atoms with Crippen molar-refractivity contribution in [2.24, 2.45) is 5.73 Å². The van der Waals surface area contributed by atoms with E-state index in [1.54, 1.807) is 7.11 Å². The Bertz CT molecular complexity index is 808. The molecular weight excluding hydrogens is 320 g/mol. The molecule has 0 saturated heterocycles. The van der Waals surface area contributed by atoms with E-state index >= 15 is 0 Å². The molecule has 0 heterocycles. The fourth-order valence-electron chi connectivity index (χ4n) is 2.99. The van der Waals surface area contributed by atoms with Gasteiger partial charge in [-0.3, -0.25) is 0 Å². The van der Waals surface area contributed by atoms with Gasteiger partial charge >= 0.3 is 0 Å². The fraction of sp³-hybridized carbons (Fsp3) is 0.217. The Balaban J connectivity index is 1.97. The lowest BCUT2D eigenvalue weighted by Gasteiger charge is -2.26. The normalized spacial score (nSPS) is 10.6.